The van der Waals surface area contributed by atoms with Crippen molar-refractivity contribution in [3.8, 4) is 11.1 Å². The quantitative estimate of drug-likeness (QED) is 0.591. The first-order chi connectivity index (χ1) is 11.5. The van der Waals surface area contributed by atoms with Gasteiger partial charge < -0.3 is 10.3 Å². The standard InChI is InChI=1S/C19H25N3.C2H6/c1-5-6-11-21-19-10-7-16(13-22(19)14(2)3)18-9-8-17(20)12-15(18)4;1-2/h7-10,12-13H,2,5-6,11,20H2,1,3-4H3;1-2H3. The Labute approximate surface area is 146 Å². The van der Waals surface area contributed by atoms with Gasteiger partial charge in [-0.15, -0.1) is 0 Å². The van der Waals surface area contributed by atoms with Gasteiger partial charge in [0.25, 0.3) is 0 Å². The monoisotopic (exact) mass is 325 g/mol. The van der Waals surface area contributed by atoms with Crippen LogP contribution in [0.2, 0.25) is 0 Å². The smallest absolute Gasteiger partial charge is 0.131 e. The highest BCUT2D eigenvalue weighted by Crippen LogP contribution is 2.24. The number of hydrogen-bond donors (Lipinski definition) is 1. The Bertz CT molecular complexity index is 739. The minimum Gasteiger partial charge on any atom is -0.399 e. The van der Waals surface area contributed by atoms with Crippen molar-refractivity contribution >= 4 is 11.4 Å². The van der Waals surface area contributed by atoms with E-state index < -0.39 is 0 Å². The number of aromatic nitrogens is 1. The molecule has 1 aromatic heterocycles. The normalized spacial score (nSPS) is 11.0. The summed E-state index contributed by atoms with van der Waals surface area (Å²) in [6.07, 6.45) is 4.36. The lowest BCUT2D eigenvalue weighted by atomic mass is 10.0. The highest BCUT2D eigenvalue weighted by molar-refractivity contribution is 5.69. The average molecular weight is 326 g/mol. The number of anilines is 1. The zero-order valence-electron chi connectivity index (χ0n) is 15.8. The number of unbranched alkanes of at least 4 members (excludes halogenated alkanes) is 1. The first-order valence-corrected chi connectivity index (χ1v) is 8.78. The minimum absolute atomic E-state index is 0.792. The molecule has 3 nitrogen and oxygen atoms in total. The van der Waals surface area contributed by atoms with E-state index in [0.29, 0.717) is 0 Å². The van der Waals surface area contributed by atoms with E-state index in [-0.39, 0.29) is 0 Å². The van der Waals surface area contributed by atoms with Crippen LogP contribution in [0, 0.1) is 6.92 Å². The van der Waals surface area contributed by atoms with Crippen LogP contribution in [-0.2, 0) is 0 Å². The molecule has 0 aliphatic carbocycles. The SMILES string of the molecule is C=C(C)n1cc(-c2ccc(N)cc2C)ccc1=NCCCC.CC. The zero-order valence-corrected chi connectivity index (χ0v) is 15.8. The molecule has 0 aliphatic heterocycles. The van der Waals surface area contributed by atoms with Crippen molar-refractivity contribution in [1.29, 1.82) is 0 Å². The molecular weight excluding hydrogens is 294 g/mol. The van der Waals surface area contributed by atoms with Crippen molar-refractivity contribution in [2.45, 2.75) is 47.5 Å². The summed E-state index contributed by atoms with van der Waals surface area (Å²) in [6, 6.07) is 10.2. The van der Waals surface area contributed by atoms with E-state index in [2.05, 4.69) is 54.4 Å². The van der Waals surface area contributed by atoms with Crippen LogP contribution >= 0.6 is 0 Å². The minimum atomic E-state index is 0.792. The van der Waals surface area contributed by atoms with E-state index in [1.54, 1.807) is 0 Å². The lowest BCUT2D eigenvalue weighted by molar-refractivity contribution is 0.776. The Hall–Kier alpha value is -2.29. The maximum absolute atomic E-state index is 5.84. The third kappa shape index (κ3) is 5.12. The molecule has 0 radical (unpaired) electrons. The fraction of sp³-hybridized carbons (Fsp3) is 0.381. The van der Waals surface area contributed by atoms with Crippen molar-refractivity contribution in [2.24, 2.45) is 4.99 Å². The fourth-order valence-corrected chi connectivity index (χ4v) is 2.45. The molecular formula is C21H31N3. The largest absolute Gasteiger partial charge is 0.399 e. The van der Waals surface area contributed by atoms with E-state index in [4.69, 9.17) is 5.73 Å². The lowest BCUT2D eigenvalue weighted by Gasteiger charge is -2.12. The second kappa shape index (κ2) is 9.76. The van der Waals surface area contributed by atoms with E-state index >= 15 is 0 Å². The van der Waals surface area contributed by atoms with Gasteiger partial charge in [-0.3, -0.25) is 4.99 Å². The van der Waals surface area contributed by atoms with Gasteiger partial charge in [0.15, 0.2) is 0 Å². The van der Waals surface area contributed by atoms with Gasteiger partial charge in [0.1, 0.15) is 5.49 Å². The Balaban J connectivity index is 0.00000139. The predicted octanol–water partition coefficient (Wildman–Crippen LogP) is 5.26. The number of nitrogens with two attached hydrogens (primary N) is 1. The topological polar surface area (TPSA) is 43.3 Å². The highest BCUT2D eigenvalue weighted by atomic mass is 15.0. The van der Waals surface area contributed by atoms with Crippen LogP contribution in [-0.4, -0.2) is 11.1 Å². The summed E-state index contributed by atoms with van der Waals surface area (Å²) in [5, 5.41) is 0. The van der Waals surface area contributed by atoms with Gasteiger partial charge in [-0.1, -0.05) is 39.8 Å². The van der Waals surface area contributed by atoms with E-state index in [1.807, 2.05) is 32.9 Å². The highest BCUT2D eigenvalue weighted by Gasteiger charge is 2.04. The lowest BCUT2D eigenvalue weighted by Crippen LogP contribution is -2.19. The van der Waals surface area contributed by atoms with Gasteiger partial charge in [-0.2, -0.15) is 0 Å². The summed E-state index contributed by atoms with van der Waals surface area (Å²) in [6.45, 7) is 15.2. The molecule has 0 saturated carbocycles. The third-order valence-corrected chi connectivity index (χ3v) is 3.69. The van der Waals surface area contributed by atoms with E-state index in [9.17, 15) is 0 Å². The summed E-state index contributed by atoms with van der Waals surface area (Å²) in [7, 11) is 0. The second-order valence-electron chi connectivity index (χ2n) is 5.69. The number of aryl methyl sites for hydroxylation is 1. The van der Waals surface area contributed by atoms with Crippen LogP contribution in [0.5, 0.6) is 0 Å². The molecule has 2 aromatic rings. The Kier molecular flexibility index (Phi) is 8.03. The van der Waals surface area contributed by atoms with E-state index in [1.165, 1.54) is 11.1 Å². The van der Waals surface area contributed by atoms with Gasteiger partial charge in [-0.05, 0) is 61.2 Å². The van der Waals surface area contributed by atoms with Gasteiger partial charge in [0, 0.05) is 24.1 Å². The number of rotatable bonds is 5. The molecule has 0 unspecified atom stereocenters. The molecule has 0 amide bonds. The summed E-state index contributed by atoms with van der Waals surface area (Å²) in [5.41, 5.74) is 12.1. The molecule has 1 heterocycles. The van der Waals surface area contributed by atoms with Gasteiger partial charge >= 0.3 is 0 Å². The summed E-state index contributed by atoms with van der Waals surface area (Å²) in [4.78, 5) is 4.67. The summed E-state index contributed by atoms with van der Waals surface area (Å²) in [5.74, 6) is 0. The van der Waals surface area contributed by atoms with Crippen LogP contribution in [0.1, 0.15) is 46.1 Å². The van der Waals surface area contributed by atoms with E-state index in [0.717, 1.165) is 41.8 Å². The van der Waals surface area contributed by atoms with Crippen LogP contribution in [0.15, 0.2) is 48.1 Å². The molecule has 0 aliphatic rings. The predicted molar refractivity (Wildman–Crippen MR) is 107 cm³/mol. The first kappa shape index (κ1) is 19.8. The van der Waals surface area contributed by atoms with Crippen molar-refractivity contribution in [3.63, 3.8) is 0 Å². The van der Waals surface area contributed by atoms with Crippen molar-refractivity contribution in [1.82, 2.24) is 4.57 Å². The third-order valence-electron chi connectivity index (χ3n) is 3.69. The Morgan fingerprint density at radius 2 is 1.92 bits per heavy atom. The molecule has 0 spiro atoms. The maximum Gasteiger partial charge on any atom is 0.131 e. The van der Waals surface area contributed by atoms with Gasteiger partial charge in [0.2, 0.25) is 0 Å². The Morgan fingerprint density at radius 1 is 1.21 bits per heavy atom. The molecule has 2 N–H and O–H groups in total. The first-order valence-electron chi connectivity index (χ1n) is 8.78. The molecule has 3 heteroatoms. The molecule has 1 aromatic carbocycles. The number of pyridine rings is 1. The van der Waals surface area contributed by atoms with Crippen LogP contribution in [0.3, 0.4) is 0 Å². The van der Waals surface area contributed by atoms with Crippen molar-refractivity contribution < 1.29 is 0 Å². The maximum atomic E-state index is 5.84. The molecule has 0 fully saturated rings. The number of hydrogen-bond acceptors (Lipinski definition) is 2. The van der Waals surface area contributed by atoms with Crippen LogP contribution in [0.4, 0.5) is 5.69 Å². The molecule has 0 atom stereocenters. The second-order valence-corrected chi connectivity index (χ2v) is 5.69. The van der Waals surface area contributed by atoms with Gasteiger partial charge in [-0.25, -0.2) is 0 Å². The van der Waals surface area contributed by atoms with Gasteiger partial charge in [0.05, 0.1) is 0 Å². The number of benzene rings is 1. The average Bonchev–Trinajstić information content (AvgIpc) is 2.57. The number of nitrogens with zero attached hydrogens (tertiary/aromatic N) is 2. The van der Waals surface area contributed by atoms with Crippen LogP contribution < -0.4 is 11.2 Å². The molecule has 24 heavy (non-hydrogen) atoms. The summed E-state index contributed by atoms with van der Waals surface area (Å²) < 4.78 is 2.06. The molecule has 2 rings (SSSR count). The van der Waals surface area contributed by atoms with Crippen LogP contribution in [0.25, 0.3) is 16.8 Å². The number of allylic oxidation sites excluding steroid dienone is 1. The fourth-order valence-electron chi connectivity index (χ4n) is 2.45. The Morgan fingerprint density at radius 3 is 2.50 bits per heavy atom. The zero-order chi connectivity index (χ0) is 18.1. The van der Waals surface area contributed by atoms with Crippen molar-refractivity contribution in [2.75, 3.05) is 12.3 Å². The summed E-state index contributed by atoms with van der Waals surface area (Å²) >= 11 is 0. The number of nitrogen functional groups attached to an aromatic ring is 1. The molecule has 0 saturated heterocycles. The molecule has 0 bridgehead atoms. The van der Waals surface area contributed by atoms with Crippen molar-refractivity contribution in [3.05, 3.63) is 54.2 Å². The molecule has 130 valence electrons.